The van der Waals surface area contributed by atoms with Crippen molar-refractivity contribution >= 4 is 51.9 Å². The smallest absolute Gasteiger partial charge is 0.343 e. The van der Waals surface area contributed by atoms with Gasteiger partial charge in [0.05, 0.1) is 23.3 Å². The maximum absolute atomic E-state index is 12.4. The van der Waals surface area contributed by atoms with E-state index in [1.165, 1.54) is 4.90 Å². The second kappa shape index (κ2) is 9.16. The van der Waals surface area contributed by atoms with Gasteiger partial charge in [0.2, 0.25) is 0 Å². The zero-order chi connectivity index (χ0) is 21.8. The van der Waals surface area contributed by atoms with Crippen molar-refractivity contribution in [3.05, 3.63) is 94.9 Å². The molecule has 1 amide bonds. The third kappa shape index (κ3) is 4.68. The second-order valence-corrected chi connectivity index (χ2v) is 7.92. The predicted octanol–water partition coefficient (Wildman–Crippen LogP) is 5.96. The van der Waals surface area contributed by atoms with E-state index in [-0.39, 0.29) is 5.24 Å². The fourth-order valence-corrected chi connectivity index (χ4v) is 4.22. The van der Waals surface area contributed by atoms with Crippen LogP contribution in [0.4, 0.5) is 10.5 Å². The van der Waals surface area contributed by atoms with E-state index in [2.05, 4.69) is 0 Å². The average Bonchev–Trinajstić information content (AvgIpc) is 3.08. The van der Waals surface area contributed by atoms with Crippen LogP contribution in [0.2, 0.25) is 0 Å². The lowest BCUT2D eigenvalue weighted by Crippen LogP contribution is -2.26. The number of anilines is 1. The summed E-state index contributed by atoms with van der Waals surface area (Å²) in [4.78, 5) is 27.4. The normalized spacial score (nSPS) is 14.7. The van der Waals surface area contributed by atoms with Gasteiger partial charge in [-0.15, -0.1) is 0 Å². The first-order valence-corrected chi connectivity index (χ1v) is 10.6. The Hall–Kier alpha value is -3.42. The quantitative estimate of drug-likeness (QED) is 0.208. The molecule has 0 bridgehead atoms. The van der Waals surface area contributed by atoms with Gasteiger partial charge >= 0.3 is 5.97 Å². The zero-order valence-electron chi connectivity index (χ0n) is 16.5. The molecule has 1 heterocycles. The Bertz CT molecular complexity index is 1160. The largest absolute Gasteiger partial charge is 0.497 e. The van der Waals surface area contributed by atoms with Crippen molar-refractivity contribution in [1.29, 1.82) is 0 Å². The molecule has 0 spiro atoms. The highest BCUT2D eigenvalue weighted by Crippen LogP contribution is 2.36. The molecule has 31 heavy (non-hydrogen) atoms. The summed E-state index contributed by atoms with van der Waals surface area (Å²) in [5.41, 5.74) is 2.02. The van der Waals surface area contributed by atoms with E-state index in [0.717, 1.165) is 23.0 Å². The number of rotatable bonds is 5. The molecule has 0 aromatic heterocycles. The highest BCUT2D eigenvalue weighted by atomic mass is 32.2. The maximum atomic E-state index is 12.4. The van der Waals surface area contributed by atoms with Crippen LogP contribution in [0.15, 0.2) is 83.8 Å². The van der Waals surface area contributed by atoms with Crippen LogP contribution in [0, 0.1) is 0 Å². The molecule has 0 atom stereocenters. The molecule has 1 aliphatic rings. The Morgan fingerprint density at radius 2 is 1.58 bits per heavy atom. The second-order valence-electron chi connectivity index (χ2n) is 6.54. The standard InChI is InChI=1S/C24H17NO4S2/c1-28-19-13-9-17(10-14-19)23(26)29-20-11-7-16(8-12-20)15-21-22(30)25(24(27)31-21)18-5-3-2-4-6-18/h2-15H,1H3/b21-15+. The highest BCUT2D eigenvalue weighted by molar-refractivity contribution is 8.20. The summed E-state index contributed by atoms with van der Waals surface area (Å²) in [6.07, 6.45) is 1.85. The summed E-state index contributed by atoms with van der Waals surface area (Å²) >= 11 is 6.61. The minimum Gasteiger partial charge on any atom is -0.497 e. The van der Waals surface area contributed by atoms with Crippen molar-refractivity contribution in [2.45, 2.75) is 0 Å². The van der Waals surface area contributed by atoms with E-state index in [0.29, 0.717) is 27.0 Å². The number of methoxy groups -OCH3 is 1. The number of hydrogen-bond acceptors (Lipinski definition) is 6. The van der Waals surface area contributed by atoms with Crippen molar-refractivity contribution in [2.24, 2.45) is 0 Å². The van der Waals surface area contributed by atoms with Gasteiger partial charge in [-0.2, -0.15) is 0 Å². The molecular formula is C24H17NO4S2. The Balaban J connectivity index is 1.45. The van der Waals surface area contributed by atoms with Crippen molar-refractivity contribution in [3.8, 4) is 11.5 Å². The number of thioether (sulfide) groups is 1. The van der Waals surface area contributed by atoms with Crippen LogP contribution in [-0.2, 0) is 0 Å². The average molecular weight is 448 g/mol. The number of nitrogens with zero attached hydrogens (tertiary/aromatic N) is 1. The molecule has 1 saturated heterocycles. The van der Waals surface area contributed by atoms with Crippen LogP contribution in [0.25, 0.3) is 6.08 Å². The minimum atomic E-state index is -0.453. The lowest BCUT2D eigenvalue weighted by molar-refractivity contribution is 0.0734. The molecule has 154 valence electrons. The van der Waals surface area contributed by atoms with Crippen LogP contribution in [0.3, 0.4) is 0 Å². The Labute approximate surface area is 189 Å². The number of para-hydroxylation sites is 1. The number of esters is 1. The Morgan fingerprint density at radius 1 is 0.935 bits per heavy atom. The third-order valence-electron chi connectivity index (χ3n) is 4.52. The number of ether oxygens (including phenoxy) is 2. The van der Waals surface area contributed by atoms with Gasteiger partial charge in [-0.25, -0.2) is 4.79 Å². The summed E-state index contributed by atoms with van der Waals surface area (Å²) in [5.74, 6) is 0.637. The van der Waals surface area contributed by atoms with Gasteiger partial charge < -0.3 is 9.47 Å². The van der Waals surface area contributed by atoms with Gasteiger partial charge in [-0.05, 0) is 71.9 Å². The van der Waals surface area contributed by atoms with Crippen LogP contribution in [0.1, 0.15) is 15.9 Å². The maximum Gasteiger partial charge on any atom is 0.343 e. The molecule has 7 heteroatoms. The summed E-state index contributed by atoms with van der Waals surface area (Å²) in [7, 11) is 1.57. The monoisotopic (exact) mass is 447 g/mol. The van der Waals surface area contributed by atoms with E-state index >= 15 is 0 Å². The summed E-state index contributed by atoms with van der Waals surface area (Å²) in [5, 5.41) is -0.132. The van der Waals surface area contributed by atoms with Crippen LogP contribution >= 0.6 is 24.0 Å². The molecule has 0 saturated carbocycles. The lowest BCUT2D eigenvalue weighted by atomic mass is 10.2. The number of carbonyl (C=O) groups is 2. The fourth-order valence-electron chi connectivity index (χ4n) is 2.94. The molecule has 1 aliphatic heterocycles. The van der Waals surface area contributed by atoms with Crippen LogP contribution in [-0.4, -0.2) is 23.3 Å². The van der Waals surface area contributed by atoms with Gasteiger partial charge in [0, 0.05) is 0 Å². The minimum absolute atomic E-state index is 0.132. The van der Waals surface area contributed by atoms with Gasteiger partial charge in [0.25, 0.3) is 5.24 Å². The molecule has 0 unspecified atom stereocenters. The van der Waals surface area contributed by atoms with Gasteiger partial charge in [0.1, 0.15) is 16.5 Å². The molecule has 0 aliphatic carbocycles. The van der Waals surface area contributed by atoms with Crippen LogP contribution in [0.5, 0.6) is 11.5 Å². The lowest BCUT2D eigenvalue weighted by Gasteiger charge is -2.14. The Kier molecular flexibility index (Phi) is 6.16. The molecule has 5 nitrogen and oxygen atoms in total. The van der Waals surface area contributed by atoms with E-state index in [4.69, 9.17) is 21.7 Å². The zero-order valence-corrected chi connectivity index (χ0v) is 18.1. The SMILES string of the molecule is COc1ccc(C(=O)Oc2ccc(/C=C3/SC(=O)N(c4ccccc4)C3=S)cc2)cc1. The first-order valence-electron chi connectivity index (χ1n) is 9.34. The third-order valence-corrected chi connectivity index (χ3v) is 5.94. The molecule has 4 rings (SSSR count). The molecule has 0 N–H and O–H groups in total. The van der Waals surface area contributed by atoms with Crippen LogP contribution < -0.4 is 14.4 Å². The number of hydrogen-bond donors (Lipinski definition) is 0. The van der Waals surface area contributed by atoms with Gasteiger partial charge in [-0.1, -0.05) is 42.5 Å². The molecule has 1 fully saturated rings. The van der Waals surface area contributed by atoms with Crippen molar-refractivity contribution in [1.82, 2.24) is 0 Å². The van der Waals surface area contributed by atoms with Crippen molar-refractivity contribution < 1.29 is 19.1 Å². The van der Waals surface area contributed by atoms with Crippen molar-refractivity contribution in [2.75, 3.05) is 12.0 Å². The summed E-state index contributed by atoms with van der Waals surface area (Å²) in [6, 6.07) is 23.0. The van der Waals surface area contributed by atoms with Gasteiger partial charge in [-0.3, -0.25) is 9.69 Å². The van der Waals surface area contributed by atoms with Crippen molar-refractivity contribution in [3.63, 3.8) is 0 Å². The molecular weight excluding hydrogens is 430 g/mol. The van der Waals surface area contributed by atoms with E-state index in [9.17, 15) is 9.59 Å². The number of carbonyl (C=O) groups excluding carboxylic acids is 2. The molecule has 0 radical (unpaired) electrons. The van der Waals surface area contributed by atoms with E-state index in [1.807, 2.05) is 48.5 Å². The molecule has 3 aromatic carbocycles. The summed E-state index contributed by atoms with van der Waals surface area (Å²) < 4.78 is 10.5. The Morgan fingerprint density at radius 3 is 2.23 bits per heavy atom. The van der Waals surface area contributed by atoms with Gasteiger partial charge in [0.15, 0.2) is 0 Å². The first-order chi connectivity index (χ1) is 15.0. The van der Waals surface area contributed by atoms with E-state index in [1.54, 1.807) is 43.5 Å². The predicted molar refractivity (Wildman–Crippen MR) is 127 cm³/mol. The first kappa shape index (κ1) is 20.8. The fraction of sp³-hybridized carbons (Fsp3) is 0.0417. The number of amides is 1. The highest BCUT2D eigenvalue weighted by Gasteiger charge is 2.32. The number of thiocarbonyl (C=S) groups is 1. The summed E-state index contributed by atoms with van der Waals surface area (Å²) in [6.45, 7) is 0. The molecule has 3 aromatic rings. The number of benzene rings is 3. The van der Waals surface area contributed by atoms with E-state index < -0.39 is 5.97 Å². The topological polar surface area (TPSA) is 55.8 Å².